The maximum atomic E-state index is 13.0. The number of hydrogen-bond donors (Lipinski definition) is 1. The highest BCUT2D eigenvalue weighted by Gasteiger charge is 2.29. The van der Waals surface area contributed by atoms with Crippen molar-refractivity contribution in [2.24, 2.45) is 5.92 Å². The Bertz CT molecular complexity index is 636. The lowest BCUT2D eigenvalue weighted by Crippen LogP contribution is -2.39. The second-order valence-corrected chi connectivity index (χ2v) is 6.55. The second-order valence-electron chi connectivity index (χ2n) is 4.46. The molecule has 108 valence electrons. The zero-order valence-corrected chi connectivity index (χ0v) is 12.0. The fraction of sp³-hybridized carbons (Fsp3) is 0.385. The first-order valence-electron chi connectivity index (χ1n) is 5.95. The third-order valence-electron chi connectivity index (χ3n) is 3.08. The molecule has 1 aliphatic heterocycles. The minimum absolute atomic E-state index is 0.0750. The first-order valence-corrected chi connectivity index (χ1v) is 7.81. The molecule has 1 heterocycles. The Morgan fingerprint density at radius 1 is 1.55 bits per heavy atom. The number of sulfonamides is 1. The molecular formula is C13H13ClFNO3S. The van der Waals surface area contributed by atoms with E-state index < -0.39 is 21.9 Å². The average Bonchev–Trinajstić information content (AvgIpc) is 2.89. The van der Waals surface area contributed by atoms with E-state index in [9.17, 15) is 12.8 Å². The molecule has 2 rings (SSSR count). The van der Waals surface area contributed by atoms with E-state index in [-0.39, 0.29) is 15.8 Å². The average molecular weight is 318 g/mol. The molecular weight excluding hydrogens is 305 g/mol. The van der Waals surface area contributed by atoms with Crippen LogP contribution in [0.2, 0.25) is 5.02 Å². The first-order chi connectivity index (χ1) is 9.44. The van der Waals surface area contributed by atoms with Crippen LogP contribution in [0.3, 0.4) is 0 Å². The number of hydrogen-bond acceptors (Lipinski definition) is 3. The summed E-state index contributed by atoms with van der Waals surface area (Å²) in [6, 6.07) is 2.41. The van der Waals surface area contributed by atoms with Gasteiger partial charge in [0.2, 0.25) is 10.0 Å². The van der Waals surface area contributed by atoms with Crippen LogP contribution in [0.5, 0.6) is 0 Å². The van der Waals surface area contributed by atoms with Gasteiger partial charge in [-0.05, 0) is 24.6 Å². The molecule has 1 aliphatic rings. The molecule has 0 saturated carbocycles. The summed E-state index contributed by atoms with van der Waals surface area (Å²) in [4.78, 5) is -0.195. The number of terminal acetylenes is 1. The number of ether oxygens (including phenoxy) is 1. The van der Waals surface area contributed by atoms with E-state index in [4.69, 9.17) is 22.8 Å². The molecule has 0 amide bonds. The lowest BCUT2D eigenvalue weighted by molar-refractivity contribution is 0.183. The third-order valence-corrected chi connectivity index (χ3v) is 5.01. The fourth-order valence-electron chi connectivity index (χ4n) is 2.01. The third kappa shape index (κ3) is 3.30. The van der Waals surface area contributed by atoms with Crippen LogP contribution >= 0.6 is 11.6 Å². The molecule has 20 heavy (non-hydrogen) atoms. The molecule has 0 radical (unpaired) electrons. The molecule has 2 atom stereocenters. The largest absolute Gasteiger partial charge is 0.381 e. The highest BCUT2D eigenvalue weighted by atomic mass is 35.5. The van der Waals surface area contributed by atoms with Crippen LogP contribution in [-0.4, -0.2) is 27.7 Å². The summed E-state index contributed by atoms with van der Waals surface area (Å²) in [6.07, 6.45) is 6.06. The topological polar surface area (TPSA) is 55.4 Å². The first kappa shape index (κ1) is 15.3. The Kier molecular flexibility index (Phi) is 4.66. The molecule has 1 saturated heterocycles. The van der Waals surface area contributed by atoms with Gasteiger partial charge in [-0.3, -0.25) is 0 Å². The van der Waals surface area contributed by atoms with Crippen molar-refractivity contribution in [1.29, 1.82) is 0 Å². The number of nitrogens with one attached hydrogen (secondary N) is 1. The van der Waals surface area contributed by atoms with E-state index in [1.165, 1.54) is 0 Å². The van der Waals surface area contributed by atoms with Crippen molar-refractivity contribution >= 4 is 21.6 Å². The summed E-state index contributed by atoms with van der Waals surface area (Å²) in [7, 11) is -3.90. The molecule has 7 heteroatoms. The maximum absolute atomic E-state index is 13.0. The smallest absolute Gasteiger partial charge is 0.243 e. The van der Waals surface area contributed by atoms with Crippen LogP contribution in [0.25, 0.3) is 0 Å². The van der Waals surface area contributed by atoms with Crippen LogP contribution in [0, 0.1) is 24.1 Å². The minimum atomic E-state index is -3.90. The van der Waals surface area contributed by atoms with E-state index in [2.05, 4.69) is 10.6 Å². The van der Waals surface area contributed by atoms with Crippen molar-refractivity contribution in [3.05, 3.63) is 29.0 Å². The SMILES string of the molecule is C#CC(NS(=O)(=O)c1ccc(F)cc1Cl)C1CCOC1. The van der Waals surface area contributed by atoms with Gasteiger partial charge in [0.25, 0.3) is 0 Å². The van der Waals surface area contributed by atoms with Crippen molar-refractivity contribution in [3.63, 3.8) is 0 Å². The summed E-state index contributed by atoms with van der Waals surface area (Å²) >= 11 is 5.76. The van der Waals surface area contributed by atoms with Gasteiger partial charge in [-0.25, -0.2) is 12.8 Å². The Hall–Kier alpha value is -1.13. The van der Waals surface area contributed by atoms with Crippen LogP contribution in [-0.2, 0) is 14.8 Å². The van der Waals surface area contributed by atoms with Gasteiger partial charge < -0.3 is 4.74 Å². The van der Waals surface area contributed by atoms with Crippen molar-refractivity contribution in [2.45, 2.75) is 17.4 Å². The zero-order valence-electron chi connectivity index (χ0n) is 10.5. The predicted octanol–water partition coefficient (Wildman–Crippen LogP) is 1.80. The lowest BCUT2D eigenvalue weighted by Gasteiger charge is -2.18. The number of halogens is 2. The quantitative estimate of drug-likeness (QED) is 0.862. The summed E-state index contributed by atoms with van der Waals surface area (Å²) in [5, 5.41) is -0.184. The van der Waals surface area contributed by atoms with Crippen LogP contribution < -0.4 is 4.72 Å². The van der Waals surface area contributed by atoms with Gasteiger partial charge >= 0.3 is 0 Å². The molecule has 1 aromatic rings. The summed E-state index contributed by atoms with van der Waals surface area (Å²) < 4.78 is 45.0. The van der Waals surface area contributed by atoms with E-state index in [1.54, 1.807) is 0 Å². The summed E-state index contributed by atoms with van der Waals surface area (Å²) in [5.74, 6) is 1.73. The molecule has 0 bridgehead atoms. The normalized spacial score (nSPS) is 20.6. The Labute approximate surface area is 122 Å². The van der Waals surface area contributed by atoms with Gasteiger partial charge in [-0.1, -0.05) is 17.5 Å². The van der Waals surface area contributed by atoms with Gasteiger partial charge in [0.1, 0.15) is 10.7 Å². The Morgan fingerprint density at radius 2 is 2.30 bits per heavy atom. The van der Waals surface area contributed by atoms with E-state index in [1.807, 2.05) is 0 Å². The molecule has 1 aromatic carbocycles. The monoisotopic (exact) mass is 317 g/mol. The Balaban J connectivity index is 2.23. The number of benzene rings is 1. The molecule has 2 unspecified atom stereocenters. The van der Waals surface area contributed by atoms with Crippen molar-refractivity contribution in [2.75, 3.05) is 13.2 Å². The summed E-state index contributed by atoms with van der Waals surface area (Å²) in [5.41, 5.74) is 0. The van der Waals surface area contributed by atoms with E-state index >= 15 is 0 Å². The van der Waals surface area contributed by atoms with Gasteiger partial charge in [-0.15, -0.1) is 6.42 Å². The summed E-state index contributed by atoms with van der Waals surface area (Å²) in [6.45, 7) is 0.969. The molecule has 4 nitrogen and oxygen atoms in total. The standard InChI is InChI=1S/C13H13ClFNO3S/c1-2-12(9-5-6-19-8-9)16-20(17,18)13-4-3-10(15)7-11(13)14/h1,3-4,7,9,12,16H,5-6,8H2. The molecule has 0 spiro atoms. The fourth-order valence-corrected chi connectivity index (χ4v) is 3.76. The zero-order chi connectivity index (χ0) is 14.8. The Morgan fingerprint density at radius 3 is 2.85 bits per heavy atom. The molecule has 0 aliphatic carbocycles. The van der Waals surface area contributed by atoms with E-state index in [0.717, 1.165) is 18.2 Å². The van der Waals surface area contributed by atoms with Crippen LogP contribution in [0.4, 0.5) is 4.39 Å². The lowest BCUT2D eigenvalue weighted by atomic mass is 10.0. The van der Waals surface area contributed by atoms with Crippen LogP contribution in [0.15, 0.2) is 23.1 Å². The van der Waals surface area contributed by atoms with Crippen molar-refractivity contribution < 1.29 is 17.5 Å². The minimum Gasteiger partial charge on any atom is -0.381 e. The number of rotatable bonds is 4. The van der Waals surface area contributed by atoms with Crippen molar-refractivity contribution in [1.82, 2.24) is 4.72 Å². The highest BCUT2D eigenvalue weighted by molar-refractivity contribution is 7.89. The molecule has 1 fully saturated rings. The molecule has 0 aromatic heterocycles. The second kappa shape index (κ2) is 6.10. The van der Waals surface area contributed by atoms with Crippen molar-refractivity contribution in [3.8, 4) is 12.3 Å². The predicted molar refractivity (Wildman–Crippen MR) is 73.3 cm³/mol. The van der Waals surface area contributed by atoms with Crippen LogP contribution in [0.1, 0.15) is 6.42 Å². The van der Waals surface area contributed by atoms with Gasteiger partial charge in [-0.2, -0.15) is 4.72 Å². The highest BCUT2D eigenvalue weighted by Crippen LogP contribution is 2.24. The van der Waals surface area contributed by atoms with E-state index in [0.29, 0.717) is 19.6 Å². The maximum Gasteiger partial charge on any atom is 0.243 e. The van der Waals surface area contributed by atoms with Gasteiger partial charge in [0.05, 0.1) is 17.7 Å². The van der Waals surface area contributed by atoms with Gasteiger partial charge in [0.15, 0.2) is 0 Å². The molecule has 1 N–H and O–H groups in total. The van der Waals surface area contributed by atoms with Gasteiger partial charge in [0, 0.05) is 12.5 Å².